The Kier molecular flexibility index (Phi) is 6.95. The van der Waals surface area contributed by atoms with Crippen LogP contribution < -0.4 is 16.8 Å². The van der Waals surface area contributed by atoms with Gasteiger partial charge in [0.05, 0.1) is 18.8 Å². The number of amides is 1. The Morgan fingerprint density at radius 2 is 2.10 bits per heavy atom. The number of aliphatic hydroxyl groups is 2. The lowest BCUT2D eigenvalue weighted by Gasteiger charge is -2.48. The summed E-state index contributed by atoms with van der Waals surface area (Å²) in [6, 6.07) is 5.33. The molecule has 0 aliphatic carbocycles. The van der Waals surface area contributed by atoms with Crippen LogP contribution in [0.15, 0.2) is 29.3 Å². The van der Waals surface area contributed by atoms with E-state index in [-0.39, 0.29) is 42.4 Å². The number of hydrogen-bond acceptors (Lipinski definition) is 8. The normalized spacial score (nSPS) is 17.9. The van der Waals surface area contributed by atoms with E-state index in [1.165, 1.54) is 34.7 Å². The Labute approximate surface area is 191 Å². The third kappa shape index (κ3) is 5.20. The molecule has 1 fully saturated rings. The van der Waals surface area contributed by atoms with Gasteiger partial charge >= 0.3 is 0 Å². The number of nitrogen functional groups attached to an aromatic ring is 1. The molecule has 3 rings (SSSR count). The van der Waals surface area contributed by atoms with Crippen LogP contribution in [0.1, 0.15) is 24.3 Å². The van der Waals surface area contributed by atoms with E-state index in [1.54, 1.807) is 13.0 Å². The molecule has 1 aromatic carbocycles. The van der Waals surface area contributed by atoms with Gasteiger partial charge in [0.1, 0.15) is 29.3 Å². The van der Waals surface area contributed by atoms with E-state index < -0.39 is 29.7 Å². The van der Waals surface area contributed by atoms with Gasteiger partial charge in [-0.15, -0.1) is 0 Å². The van der Waals surface area contributed by atoms with Gasteiger partial charge in [0.25, 0.3) is 5.91 Å². The third-order valence-electron chi connectivity index (χ3n) is 4.90. The molecule has 6 N–H and O–H groups in total. The molecule has 2 heterocycles. The van der Waals surface area contributed by atoms with Gasteiger partial charge in [-0.1, -0.05) is 0 Å². The lowest BCUT2D eigenvalue weighted by atomic mass is 9.87. The molecule has 10 nitrogen and oxygen atoms in total. The molecule has 12 heteroatoms. The maximum absolute atomic E-state index is 14.3. The van der Waals surface area contributed by atoms with Crippen LogP contribution in [0.2, 0.25) is 0 Å². The van der Waals surface area contributed by atoms with Gasteiger partial charge in [-0.3, -0.25) is 4.79 Å². The highest BCUT2D eigenvalue weighted by molar-refractivity contribution is 14.1. The van der Waals surface area contributed by atoms with Crippen molar-refractivity contribution in [2.24, 2.45) is 10.7 Å². The fraction of sp³-hybridized carbons (Fsp3) is 0.421. The molecule has 1 amide bonds. The van der Waals surface area contributed by atoms with Crippen molar-refractivity contribution in [1.82, 2.24) is 14.7 Å². The summed E-state index contributed by atoms with van der Waals surface area (Å²) < 4.78 is 21.3. The number of nitrogens with two attached hydrogens (primary N) is 2. The predicted octanol–water partition coefficient (Wildman–Crippen LogP) is 0.288. The van der Waals surface area contributed by atoms with Gasteiger partial charge < -0.3 is 31.3 Å². The summed E-state index contributed by atoms with van der Waals surface area (Å²) in [6.07, 6.45) is -1.07. The fourth-order valence-corrected chi connectivity index (χ4v) is 3.38. The predicted molar refractivity (Wildman–Crippen MR) is 118 cm³/mol. The Bertz CT molecular complexity index is 1050. The summed E-state index contributed by atoms with van der Waals surface area (Å²) in [5, 5.41) is 24.0. The van der Waals surface area contributed by atoms with Crippen LogP contribution in [-0.2, 0) is 11.5 Å². The van der Waals surface area contributed by atoms with Crippen molar-refractivity contribution in [3.63, 3.8) is 0 Å². The van der Waals surface area contributed by atoms with Crippen molar-refractivity contribution >= 4 is 40.0 Å². The molecule has 2 atom stereocenters. The number of β-amino-alcohol motifs (C(OH)–C–C–N with tert-alkyl or cyclic N) is 1. The van der Waals surface area contributed by atoms with Crippen molar-refractivity contribution in [2.45, 2.75) is 38.5 Å². The number of aromatic nitrogens is 2. The monoisotopic (exact) mass is 546 g/mol. The zero-order valence-corrected chi connectivity index (χ0v) is 19.2. The zero-order chi connectivity index (χ0) is 22.9. The highest BCUT2D eigenvalue weighted by Crippen LogP contribution is 2.25. The average Bonchev–Trinajstić information content (AvgIpc) is 2.66. The minimum atomic E-state index is -1.19. The Morgan fingerprint density at radius 1 is 1.42 bits per heavy atom. The summed E-state index contributed by atoms with van der Waals surface area (Å²) in [6.45, 7) is 2.91. The highest BCUT2D eigenvalue weighted by atomic mass is 127. The van der Waals surface area contributed by atoms with Crippen molar-refractivity contribution < 1.29 is 24.1 Å². The summed E-state index contributed by atoms with van der Waals surface area (Å²) in [7, 11) is 0. The molecule has 2 aromatic rings. The molecule has 168 valence electrons. The van der Waals surface area contributed by atoms with E-state index in [1.807, 2.05) is 22.6 Å². The number of likely N-dealkylation sites (tertiary alicyclic amines) is 1. The molecule has 1 aromatic heterocycles. The van der Waals surface area contributed by atoms with Crippen molar-refractivity contribution in [1.29, 1.82) is 0 Å². The van der Waals surface area contributed by atoms with Gasteiger partial charge in [-0.25, -0.2) is 14.1 Å². The number of carbonyl (C=O) groups is 1. The van der Waals surface area contributed by atoms with Crippen LogP contribution in [0.25, 0.3) is 0 Å². The van der Waals surface area contributed by atoms with Gasteiger partial charge in [0.2, 0.25) is 0 Å². The quantitative estimate of drug-likeness (QED) is 0.300. The topological polar surface area (TPSA) is 152 Å². The molecule has 0 spiro atoms. The summed E-state index contributed by atoms with van der Waals surface area (Å²) in [5.74, 6) is -0.994. The van der Waals surface area contributed by atoms with Gasteiger partial charge in [-0.05, 0) is 54.6 Å². The standard InChI is InChI=1S/C19H24FIN6O4/c1-10(22)19(30)7-26(8-19)18(29)17-15(24-14-4-3-12(21)5-13(14)20)6-16(23)27(25-17)9-31-11(2)28/h3-6,10-11,28,30H,7-9,22-23H2,1-2H3/t10-,11?/m0/s1. The first-order valence-electron chi connectivity index (χ1n) is 9.44. The molecule has 0 bridgehead atoms. The number of carbonyl (C=O) groups excluding carboxylic acids is 1. The van der Waals surface area contributed by atoms with Crippen LogP contribution in [0.3, 0.4) is 0 Å². The number of nitrogens with zero attached hydrogens (tertiary/aromatic N) is 4. The first-order chi connectivity index (χ1) is 14.5. The van der Waals surface area contributed by atoms with Crippen LogP contribution in [0.4, 0.5) is 15.9 Å². The van der Waals surface area contributed by atoms with Crippen LogP contribution in [0, 0.1) is 9.39 Å². The fourth-order valence-electron chi connectivity index (χ4n) is 2.93. The third-order valence-corrected chi connectivity index (χ3v) is 5.57. The molecule has 1 saturated heterocycles. The van der Waals surface area contributed by atoms with Crippen LogP contribution in [0.5, 0.6) is 0 Å². The van der Waals surface area contributed by atoms with E-state index in [0.29, 0.717) is 3.57 Å². The lowest BCUT2D eigenvalue weighted by Crippen LogP contribution is -2.70. The second kappa shape index (κ2) is 9.16. The Morgan fingerprint density at radius 3 is 2.68 bits per heavy atom. The molecule has 31 heavy (non-hydrogen) atoms. The number of halogens is 2. The molecule has 1 unspecified atom stereocenters. The Balaban J connectivity index is 2.04. The first kappa shape index (κ1) is 23.5. The first-order valence-corrected chi connectivity index (χ1v) is 10.5. The number of rotatable bonds is 6. The number of aliphatic hydroxyl groups excluding tert-OH is 1. The second-order valence-electron chi connectivity index (χ2n) is 7.46. The van der Waals surface area contributed by atoms with Crippen molar-refractivity contribution in [2.75, 3.05) is 18.8 Å². The minimum absolute atomic E-state index is 0.0179. The van der Waals surface area contributed by atoms with Crippen LogP contribution in [-0.4, -0.2) is 61.8 Å². The molecular weight excluding hydrogens is 522 g/mol. The zero-order valence-electron chi connectivity index (χ0n) is 17.0. The van der Waals surface area contributed by atoms with Gasteiger partial charge in [-0.2, -0.15) is 5.10 Å². The SMILES string of the molecule is CC(O)OCn1nc(C(=O)N2CC(O)([C@H](C)N)C2)c(=Nc2ccc(I)cc2F)cc1N. The molecule has 1 aliphatic rings. The second-order valence-corrected chi connectivity index (χ2v) is 8.70. The Hall–Kier alpha value is -2.13. The lowest BCUT2D eigenvalue weighted by molar-refractivity contribution is -0.115. The van der Waals surface area contributed by atoms with Crippen molar-refractivity contribution in [3.8, 4) is 0 Å². The maximum atomic E-state index is 14.3. The van der Waals surface area contributed by atoms with E-state index in [9.17, 15) is 19.4 Å². The van der Waals surface area contributed by atoms with Crippen LogP contribution >= 0.6 is 22.6 Å². The maximum Gasteiger partial charge on any atom is 0.276 e. The molecule has 0 saturated carbocycles. The van der Waals surface area contributed by atoms with Crippen molar-refractivity contribution in [3.05, 3.63) is 44.7 Å². The average molecular weight is 546 g/mol. The van der Waals surface area contributed by atoms with Gasteiger partial charge in [0.15, 0.2) is 12.0 Å². The van der Waals surface area contributed by atoms with E-state index in [0.717, 1.165) is 0 Å². The highest BCUT2D eigenvalue weighted by Gasteiger charge is 2.47. The molecule has 0 radical (unpaired) electrons. The summed E-state index contributed by atoms with van der Waals surface area (Å²) >= 11 is 1.98. The summed E-state index contributed by atoms with van der Waals surface area (Å²) in [4.78, 5) is 18.7. The number of benzene rings is 1. The summed E-state index contributed by atoms with van der Waals surface area (Å²) in [5.41, 5.74) is 10.5. The number of anilines is 1. The molecular formula is C19H24FIN6O4. The largest absolute Gasteiger partial charge is 0.385 e. The minimum Gasteiger partial charge on any atom is -0.385 e. The van der Waals surface area contributed by atoms with E-state index >= 15 is 0 Å². The number of hydrogen-bond donors (Lipinski definition) is 4. The molecule has 1 aliphatic heterocycles. The number of ether oxygens (including phenoxy) is 1. The van der Waals surface area contributed by atoms with Gasteiger partial charge in [0, 0.05) is 15.7 Å². The van der Waals surface area contributed by atoms with E-state index in [4.69, 9.17) is 16.2 Å². The van der Waals surface area contributed by atoms with E-state index in [2.05, 4.69) is 10.1 Å². The smallest absolute Gasteiger partial charge is 0.276 e.